The fourth-order valence-corrected chi connectivity index (χ4v) is 2.98. The van der Waals surface area contributed by atoms with Gasteiger partial charge >= 0.3 is 5.97 Å². The van der Waals surface area contributed by atoms with E-state index in [2.05, 4.69) is 36.2 Å². The number of rotatable bonds is 3. The van der Waals surface area contributed by atoms with Crippen molar-refractivity contribution >= 4 is 16.7 Å². The van der Waals surface area contributed by atoms with Crippen LogP contribution in [0.3, 0.4) is 0 Å². The molecule has 0 atom stereocenters. The van der Waals surface area contributed by atoms with Crippen molar-refractivity contribution in [2.75, 3.05) is 0 Å². The van der Waals surface area contributed by atoms with Crippen LogP contribution in [0.4, 0.5) is 0 Å². The first-order chi connectivity index (χ1) is 13.1. The standard InChI is InChI=1S/C23H18N2O2/c1-15-10-11-18(14-16(15)2)21-12-13-22(25-24-21)27-23(26)20-9-5-7-17-6-3-4-8-19(17)20/h3-14H,1-2H3. The first kappa shape index (κ1) is 16.9. The number of hydrogen-bond acceptors (Lipinski definition) is 4. The average Bonchev–Trinajstić information content (AvgIpc) is 2.70. The van der Waals surface area contributed by atoms with Crippen LogP contribution in [0.25, 0.3) is 22.0 Å². The molecule has 1 heterocycles. The van der Waals surface area contributed by atoms with E-state index in [9.17, 15) is 4.79 Å². The summed E-state index contributed by atoms with van der Waals surface area (Å²) in [6, 6.07) is 22.9. The monoisotopic (exact) mass is 354 g/mol. The van der Waals surface area contributed by atoms with Gasteiger partial charge in [0.25, 0.3) is 0 Å². The maximum Gasteiger partial charge on any atom is 0.345 e. The van der Waals surface area contributed by atoms with Gasteiger partial charge in [0.1, 0.15) is 0 Å². The molecule has 0 amide bonds. The van der Waals surface area contributed by atoms with E-state index in [1.165, 1.54) is 11.1 Å². The minimum absolute atomic E-state index is 0.181. The van der Waals surface area contributed by atoms with Crippen molar-refractivity contribution in [1.29, 1.82) is 0 Å². The van der Waals surface area contributed by atoms with Gasteiger partial charge in [-0.15, -0.1) is 10.2 Å². The van der Waals surface area contributed by atoms with E-state index in [1.807, 2.05) is 48.5 Å². The van der Waals surface area contributed by atoms with Crippen LogP contribution >= 0.6 is 0 Å². The Bertz CT molecular complexity index is 1130. The predicted molar refractivity (Wildman–Crippen MR) is 106 cm³/mol. The van der Waals surface area contributed by atoms with Crippen LogP contribution in [0.1, 0.15) is 21.5 Å². The van der Waals surface area contributed by atoms with Gasteiger partial charge in [-0.2, -0.15) is 0 Å². The maximum absolute atomic E-state index is 12.6. The van der Waals surface area contributed by atoms with E-state index in [1.54, 1.807) is 12.1 Å². The van der Waals surface area contributed by atoms with Crippen LogP contribution in [0, 0.1) is 13.8 Å². The molecule has 0 aliphatic heterocycles. The zero-order valence-corrected chi connectivity index (χ0v) is 15.1. The molecule has 0 saturated carbocycles. The largest absolute Gasteiger partial charge is 0.402 e. The molecule has 4 rings (SSSR count). The first-order valence-electron chi connectivity index (χ1n) is 8.73. The van der Waals surface area contributed by atoms with Crippen molar-refractivity contribution < 1.29 is 9.53 Å². The molecular weight excluding hydrogens is 336 g/mol. The van der Waals surface area contributed by atoms with Gasteiger partial charge in [0.2, 0.25) is 5.88 Å². The van der Waals surface area contributed by atoms with Crippen LogP contribution in [0.2, 0.25) is 0 Å². The van der Waals surface area contributed by atoms with E-state index in [4.69, 9.17) is 4.74 Å². The van der Waals surface area contributed by atoms with Crippen molar-refractivity contribution in [1.82, 2.24) is 10.2 Å². The number of carbonyl (C=O) groups is 1. The van der Waals surface area contributed by atoms with Crippen LogP contribution in [-0.2, 0) is 0 Å². The molecule has 4 heteroatoms. The molecular formula is C23H18N2O2. The highest BCUT2D eigenvalue weighted by molar-refractivity contribution is 6.05. The zero-order valence-electron chi connectivity index (χ0n) is 15.1. The minimum atomic E-state index is -0.444. The number of benzene rings is 3. The SMILES string of the molecule is Cc1ccc(-c2ccc(OC(=O)c3cccc4ccccc34)nn2)cc1C. The Morgan fingerprint density at radius 3 is 2.41 bits per heavy atom. The third kappa shape index (κ3) is 3.42. The van der Waals surface area contributed by atoms with Crippen LogP contribution in [0.5, 0.6) is 5.88 Å². The maximum atomic E-state index is 12.6. The quantitative estimate of drug-likeness (QED) is 0.478. The summed E-state index contributed by atoms with van der Waals surface area (Å²) in [7, 11) is 0. The summed E-state index contributed by atoms with van der Waals surface area (Å²) < 4.78 is 5.43. The number of aryl methyl sites for hydroxylation is 2. The lowest BCUT2D eigenvalue weighted by Gasteiger charge is -2.07. The fourth-order valence-electron chi connectivity index (χ4n) is 2.98. The molecule has 0 radical (unpaired) electrons. The molecule has 0 unspecified atom stereocenters. The molecule has 0 spiro atoms. The summed E-state index contributed by atoms with van der Waals surface area (Å²) in [5, 5.41) is 10.1. The second kappa shape index (κ2) is 7.00. The van der Waals surface area contributed by atoms with Crippen molar-refractivity contribution in [2.45, 2.75) is 13.8 Å². The minimum Gasteiger partial charge on any atom is -0.402 e. The summed E-state index contributed by atoms with van der Waals surface area (Å²) in [6.45, 7) is 4.13. The molecule has 132 valence electrons. The van der Waals surface area contributed by atoms with Gasteiger partial charge in [0.05, 0.1) is 11.3 Å². The molecule has 0 aliphatic rings. The lowest BCUT2D eigenvalue weighted by molar-refractivity contribution is 0.0728. The molecule has 27 heavy (non-hydrogen) atoms. The van der Waals surface area contributed by atoms with E-state index in [0.717, 1.165) is 22.0 Å². The molecule has 1 aromatic heterocycles. The highest BCUT2D eigenvalue weighted by Crippen LogP contribution is 2.22. The second-order valence-corrected chi connectivity index (χ2v) is 6.47. The smallest absolute Gasteiger partial charge is 0.345 e. The Morgan fingerprint density at radius 2 is 1.63 bits per heavy atom. The van der Waals surface area contributed by atoms with Crippen LogP contribution < -0.4 is 4.74 Å². The zero-order chi connectivity index (χ0) is 18.8. The lowest BCUT2D eigenvalue weighted by Crippen LogP contribution is -2.10. The van der Waals surface area contributed by atoms with Gasteiger partial charge in [-0.05, 0) is 53.9 Å². The van der Waals surface area contributed by atoms with Crippen LogP contribution in [-0.4, -0.2) is 16.2 Å². The molecule has 3 aromatic carbocycles. The number of ether oxygens (including phenoxy) is 1. The molecule has 0 aliphatic carbocycles. The number of carbonyl (C=O) groups excluding carboxylic acids is 1. The topological polar surface area (TPSA) is 52.1 Å². The Hall–Kier alpha value is -3.53. The Morgan fingerprint density at radius 1 is 0.815 bits per heavy atom. The highest BCUT2D eigenvalue weighted by Gasteiger charge is 2.13. The third-order valence-electron chi connectivity index (χ3n) is 4.65. The number of hydrogen-bond donors (Lipinski definition) is 0. The molecule has 0 N–H and O–H groups in total. The summed E-state index contributed by atoms with van der Waals surface area (Å²) in [6.07, 6.45) is 0. The molecule has 0 fully saturated rings. The van der Waals surface area contributed by atoms with Gasteiger partial charge < -0.3 is 4.74 Å². The number of aromatic nitrogens is 2. The van der Waals surface area contributed by atoms with Gasteiger partial charge in [-0.1, -0.05) is 48.5 Å². The number of nitrogens with zero attached hydrogens (tertiary/aromatic N) is 2. The number of esters is 1. The summed E-state index contributed by atoms with van der Waals surface area (Å²) in [4.78, 5) is 12.6. The lowest BCUT2D eigenvalue weighted by atomic mass is 10.0. The van der Waals surface area contributed by atoms with Gasteiger partial charge in [-0.25, -0.2) is 4.79 Å². The van der Waals surface area contributed by atoms with Crippen molar-refractivity contribution in [3.63, 3.8) is 0 Å². The highest BCUT2D eigenvalue weighted by atomic mass is 16.5. The first-order valence-corrected chi connectivity index (χ1v) is 8.73. The van der Waals surface area contributed by atoms with Crippen LogP contribution in [0.15, 0.2) is 72.8 Å². The molecule has 4 aromatic rings. The molecule has 4 nitrogen and oxygen atoms in total. The predicted octanol–water partition coefficient (Wildman–Crippen LogP) is 5.13. The molecule has 0 saturated heterocycles. The van der Waals surface area contributed by atoms with Gasteiger partial charge in [-0.3, -0.25) is 0 Å². The van der Waals surface area contributed by atoms with Crippen molar-refractivity contribution in [3.8, 4) is 17.1 Å². The Labute approximate surface area is 157 Å². The van der Waals surface area contributed by atoms with Gasteiger partial charge in [0.15, 0.2) is 0 Å². The summed E-state index contributed by atoms with van der Waals surface area (Å²) in [5.74, 6) is -0.263. The van der Waals surface area contributed by atoms with E-state index in [-0.39, 0.29) is 5.88 Å². The number of fused-ring (bicyclic) bond motifs is 1. The Kier molecular flexibility index (Phi) is 4.38. The fraction of sp³-hybridized carbons (Fsp3) is 0.0870. The van der Waals surface area contributed by atoms with Crippen molar-refractivity contribution in [2.24, 2.45) is 0 Å². The average molecular weight is 354 g/mol. The van der Waals surface area contributed by atoms with E-state index < -0.39 is 5.97 Å². The van der Waals surface area contributed by atoms with E-state index in [0.29, 0.717) is 5.56 Å². The summed E-state index contributed by atoms with van der Waals surface area (Å²) in [5.41, 5.74) is 4.65. The summed E-state index contributed by atoms with van der Waals surface area (Å²) >= 11 is 0. The second-order valence-electron chi connectivity index (χ2n) is 6.47. The van der Waals surface area contributed by atoms with Crippen molar-refractivity contribution in [3.05, 3.63) is 89.5 Å². The van der Waals surface area contributed by atoms with E-state index >= 15 is 0 Å². The van der Waals surface area contributed by atoms with Gasteiger partial charge in [0, 0.05) is 11.6 Å². The third-order valence-corrected chi connectivity index (χ3v) is 4.65. The Balaban J connectivity index is 1.57. The molecule has 0 bridgehead atoms. The normalized spacial score (nSPS) is 10.7.